The minimum absolute atomic E-state index is 0.0967. The number of pyridine rings is 1. The summed E-state index contributed by atoms with van der Waals surface area (Å²) < 4.78 is 13.3. The van der Waals surface area contributed by atoms with Crippen LogP contribution >= 0.6 is 0 Å². The molecule has 1 aliphatic rings. The van der Waals surface area contributed by atoms with Crippen LogP contribution in [-0.4, -0.2) is 45.4 Å². The number of aliphatic hydroxyl groups is 1. The fraction of sp³-hybridized carbons (Fsp3) is 0.458. The van der Waals surface area contributed by atoms with Crippen LogP contribution in [-0.2, 0) is 10.4 Å². The van der Waals surface area contributed by atoms with Gasteiger partial charge in [-0.15, -0.1) is 0 Å². The van der Waals surface area contributed by atoms with E-state index < -0.39 is 22.4 Å². The maximum Gasteiger partial charge on any atom is 0.251 e. The van der Waals surface area contributed by atoms with Gasteiger partial charge in [0, 0.05) is 42.4 Å². The van der Waals surface area contributed by atoms with Gasteiger partial charge >= 0.3 is 0 Å². The van der Waals surface area contributed by atoms with Crippen molar-refractivity contribution in [2.24, 2.45) is 5.41 Å². The zero-order valence-electron chi connectivity index (χ0n) is 18.5. The highest BCUT2D eigenvalue weighted by molar-refractivity contribution is 5.95. The Balaban J connectivity index is 1.66. The number of amides is 2. The van der Waals surface area contributed by atoms with Gasteiger partial charge in [0.05, 0.1) is 11.9 Å². The highest BCUT2D eigenvalue weighted by Gasteiger charge is 2.50. The third kappa shape index (κ3) is 4.93. The van der Waals surface area contributed by atoms with Crippen LogP contribution in [0.25, 0.3) is 0 Å². The van der Waals surface area contributed by atoms with E-state index in [9.17, 15) is 19.1 Å². The van der Waals surface area contributed by atoms with Crippen molar-refractivity contribution in [1.29, 1.82) is 0 Å². The molecule has 2 amide bonds. The predicted octanol–water partition coefficient (Wildman–Crippen LogP) is 3.27. The molecule has 166 valence electrons. The van der Waals surface area contributed by atoms with Gasteiger partial charge in [-0.25, -0.2) is 4.39 Å². The predicted molar refractivity (Wildman–Crippen MR) is 116 cm³/mol. The molecule has 1 atom stereocenters. The van der Waals surface area contributed by atoms with Crippen LogP contribution in [0.15, 0.2) is 48.7 Å². The van der Waals surface area contributed by atoms with E-state index >= 15 is 0 Å². The van der Waals surface area contributed by atoms with Gasteiger partial charge in [-0.3, -0.25) is 14.6 Å². The van der Waals surface area contributed by atoms with Crippen molar-refractivity contribution in [2.75, 3.05) is 13.1 Å². The van der Waals surface area contributed by atoms with E-state index in [0.29, 0.717) is 30.8 Å². The molecular weight excluding hydrogens is 397 g/mol. The van der Waals surface area contributed by atoms with E-state index in [0.717, 1.165) is 6.20 Å². The molecule has 2 N–H and O–H groups in total. The van der Waals surface area contributed by atoms with E-state index in [1.54, 1.807) is 29.2 Å². The van der Waals surface area contributed by atoms with Crippen molar-refractivity contribution in [3.63, 3.8) is 0 Å². The van der Waals surface area contributed by atoms with Crippen molar-refractivity contribution in [2.45, 2.75) is 51.7 Å². The molecule has 0 saturated carbocycles. The minimum Gasteiger partial charge on any atom is -0.383 e. The molecule has 3 rings (SSSR count). The van der Waals surface area contributed by atoms with Crippen molar-refractivity contribution < 1.29 is 19.1 Å². The number of benzene rings is 1. The van der Waals surface area contributed by atoms with E-state index in [-0.39, 0.29) is 18.2 Å². The molecule has 1 aliphatic heterocycles. The molecule has 1 unspecified atom stereocenters. The number of rotatable bonds is 5. The number of carbonyl (C=O) groups is 2. The average molecular weight is 428 g/mol. The summed E-state index contributed by atoms with van der Waals surface area (Å²) in [5.41, 5.74) is -1.75. The number of hydrogen-bond acceptors (Lipinski definition) is 4. The zero-order valence-corrected chi connectivity index (χ0v) is 18.5. The Hall–Kier alpha value is -2.80. The lowest BCUT2D eigenvalue weighted by atomic mass is 9.68. The van der Waals surface area contributed by atoms with Crippen LogP contribution in [0.3, 0.4) is 0 Å². The molecule has 2 aromatic rings. The van der Waals surface area contributed by atoms with Crippen LogP contribution in [0.1, 0.15) is 56.6 Å². The van der Waals surface area contributed by atoms with E-state index in [1.807, 2.05) is 33.8 Å². The van der Waals surface area contributed by atoms with Gasteiger partial charge in [0.25, 0.3) is 5.91 Å². The fourth-order valence-electron chi connectivity index (χ4n) is 4.13. The van der Waals surface area contributed by atoms with Gasteiger partial charge in [0.2, 0.25) is 5.91 Å². The number of piperidine rings is 1. The van der Waals surface area contributed by atoms with Gasteiger partial charge in [-0.05, 0) is 38.1 Å². The highest BCUT2D eigenvalue weighted by Crippen LogP contribution is 2.45. The summed E-state index contributed by atoms with van der Waals surface area (Å²) in [6.45, 7) is 8.06. The van der Waals surface area contributed by atoms with Gasteiger partial charge < -0.3 is 15.3 Å². The number of aromatic nitrogens is 1. The van der Waals surface area contributed by atoms with Gasteiger partial charge in [0.15, 0.2) is 0 Å². The van der Waals surface area contributed by atoms with Crippen LogP contribution in [0.2, 0.25) is 0 Å². The van der Waals surface area contributed by atoms with Crippen LogP contribution in [0.4, 0.5) is 4.39 Å². The number of nitrogens with zero attached hydrogens (tertiary/aromatic N) is 2. The molecular formula is C24H30FN3O3. The summed E-state index contributed by atoms with van der Waals surface area (Å²) >= 11 is 0. The summed E-state index contributed by atoms with van der Waals surface area (Å²) in [6, 6.07) is 11.7. The lowest BCUT2D eigenvalue weighted by Crippen LogP contribution is -2.58. The topological polar surface area (TPSA) is 82.5 Å². The van der Waals surface area contributed by atoms with Gasteiger partial charge in [0.1, 0.15) is 11.4 Å². The Bertz CT molecular complexity index is 944. The fourth-order valence-corrected chi connectivity index (χ4v) is 4.13. The van der Waals surface area contributed by atoms with Crippen LogP contribution in [0, 0.1) is 11.2 Å². The lowest BCUT2D eigenvalue weighted by Gasteiger charge is -2.50. The number of halogens is 1. The lowest BCUT2D eigenvalue weighted by molar-refractivity contribution is -0.155. The minimum atomic E-state index is -1.27. The molecule has 7 heteroatoms. The zero-order chi connectivity index (χ0) is 22.9. The SMILES string of the molecule is CC(C)(CC(=O)N1CCC(O)(c2ccc(F)cn2)C(C)(C)C1)NC(=O)c1ccccc1. The third-order valence-electron chi connectivity index (χ3n) is 6.03. The number of carbonyl (C=O) groups excluding carboxylic acids is 2. The maximum atomic E-state index is 13.3. The largest absolute Gasteiger partial charge is 0.383 e. The van der Waals surface area contributed by atoms with Crippen molar-refractivity contribution in [3.8, 4) is 0 Å². The number of hydrogen-bond donors (Lipinski definition) is 2. The maximum absolute atomic E-state index is 13.3. The summed E-state index contributed by atoms with van der Waals surface area (Å²) in [6.07, 6.45) is 1.52. The average Bonchev–Trinajstić information content (AvgIpc) is 2.70. The Morgan fingerprint density at radius 1 is 1.19 bits per heavy atom. The molecule has 0 aliphatic carbocycles. The Labute approximate surface area is 182 Å². The molecule has 2 heterocycles. The van der Waals surface area contributed by atoms with Gasteiger partial charge in [-0.2, -0.15) is 0 Å². The van der Waals surface area contributed by atoms with Gasteiger partial charge in [-0.1, -0.05) is 32.0 Å². The second-order valence-corrected chi connectivity index (χ2v) is 9.55. The second kappa shape index (κ2) is 8.38. The van der Waals surface area contributed by atoms with Crippen LogP contribution in [0.5, 0.6) is 0 Å². The summed E-state index contributed by atoms with van der Waals surface area (Å²) in [5.74, 6) is -0.785. The van der Waals surface area contributed by atoms with E-state index in [2.05, 4.69) is 10.3 Å². The number of nitrogens with one attached hydrogen (secondary N) is 1. The molecule has 6 nitrogen and oxygen atoms in total. The van der Waals surface area contributed by atoms with Crippen molar-refractivity contribution in [1.82, 2.24) is 15.2 Å². The first-order chi connectivity index (χ1) is 14.4. The Kier molecular flexibility index (Phi) is 6.18. The molecule has 1 fully saturated rings. The van der Waals surface area contributed by atoms with E-state index in [1.165, 1.54) is 12.1 Å². The molecule has 0 spiro atoms. The Morgan fingerprint density at radius 2 is 1.87 bits per heavy atom. The second-order valence-electron chi connectivity index (χ2n) is 9.55. The monoisotopic (exact) mass is 427 g/mol. The van der Waals surface area contributed by atoms with E-state index in [4.69, 9.17) is 0 Å². The van der Waals surface area contributed by atoms with Crippen molar-refractivity contribution >= 4 is 11.8 Å². The quantitative estimate of drug-likeness (QED) is 0.767. The Morgan fingerprint density at radius 3 is 2.45 bits per heavy atom. The van der Waals surface area contributed by atoms with Crippen LogP contribution < -0.4 is 5.32 Å². The summed E-state index contributed by atoms with van der Waals surface area (Å²) in [5, 5.41) is 14.3. The third-order valence-corrected chi connectivity index (χ3v) is 6.03. The molecule has 0 radical (unpaired) electrons. The molecule has 1 aromatic heterocycles. The molecule has 0 bridgehead atoms. The molecule has 1 aromatic carbocycles. The standard InChI is InChI=1S/C24H30FN3O3/c1-22(2)16-28(13-12-24(22,31)19-11-10-18(25)15-26-19)20(29)14-23(3,4)27-21(30)17-8-6-5-7-9-17/h5-11,15,31H,12-14,16H2,1-4H3,(H,27,30). The first-order valence-electron chi connectivity index (χ1n) is 10.4. The molecule has 31 heavy (non-hydrogen) atoms. The summed E-state index contributed by atoms with van der Waals surface area (Å²) in [7, 11) is 0. The normalized spacial score (nSPS) is 20.9. The smallest absolute Gasteiger partial charge is 0.251 e. The first kappa shape index (κ1) is 22.9. The van der Waals surface area contributed by atoms with Crippen molar-refractivity contribution in [3.05, 3.63) is 65.7 Å². The number of likely N-dealkylation sites (tertiary alicyclic amines) is 1. The first-order valence-corrected chi connectivity index (χ1v) is 10.4. The summed E-state index contributed by atoms with van der Waals surface area (Å²) in [4.78, 5) is 31.3. The molecule has 1 saturated heterocycles. The highest BCUT2D eigenvalue weighted by atomic mass is 19.1.